The smallest absolute Gasteiger partial charge is 0.110 e. The third-order valence-corrected chi connectivity index (χ3v) is 7.00. The fraction of sp³-hybridized carbons (Fsp3) is 0.476. The number of halogens is 2. The van der Waals surface area contributed by atoms with Crippen molar-refractivity contribution in [1.29, 1.82) is 5.26 Å². The van der Waals surface area contributed by atoms with E-state index in [1.165, 1.54) is 0 Å². The lowest BCUT2D eigenvalue weighted by atomic mass is 10.00. The molecule has 2 aromatic rings. The summed E-state index contributed by atoms with van der Waals surface area (Å²) in [4.78, 5) is 3.15. The average molecular weight is 484 g/mol. The number of aliphatic hydroxyl groups is 1. The third-order valence-electron chi connectivity index (χ3n) is 5.14. The summed E-state index contributed by atoms with van der Waals surface area (Å²) in [6.45, 7) is 2.51. The van der Waals surface area contributed by atoms with Crippen molar-refractivity contribution in [2.75, 3.05) is 52.0 Å². The minimum absolute atomic E-state index is 0.0686. The molecule has 0 bridgehead atoms. The number of aliphatic hydroxyl groups excluding tert-OH is 1. The lowest BCUT2D eigenvalue weighted by molar-refractivity contribution is 0.0249. The molecular formula is C21H27Cl2N5O2S. The van der Waals surface area contributed by atoms with Gasteiger partial charge < -0.3 is 25.4 Å². The van der Waals surface area contributed by atoms with Crippen molar-refractivity contribution in [2.45, 2.75) is 18.7 Å². The summed E-state index contributed by atoms with van der Waals surface area (Å²) in [5.74, 6) is 0. The molecule has 7 nitrogen and oxygen atoms in total. The van der Waals surface area contributed by atoms with E-state index in [0.717, 1.165) is 21.0 Å². The number of benzene rings is 1. The number of hydrogen-bond acceptors (Lipinski definition) is 8. The zero-order valence-electron chi connectivity index (χ0n) is 17.5. The number of nitriles is 1. The summed E-state index contributed by atoms with van der Waals surface area (Å²) in [5.41, 5.74) is 2.16. The number of thiophene rings is 1. The van der Waals surface area contributed by atoms with Crippen LogP contribution in [0.3, 0.4) is 0 Å². The summed E-state index contributed by atoms with van der Waals surface area (Å²) in [7, 11) is 3.74. The maximum absolute atomic E-state index is 10.2. The highest BCUT2D eigenvalue weighted by Crippen LogP contribution is 2.46. The number of ether oxygens (including phenoxy) is 1. The van der Waals surface area contributed by atoms with Crippen LogP contribution in [0, 0.1) is 11.3 Å². The second kappa shape index (κ2) is 11.5. The van der Waals surface area contributed by atoms with Gasteiger partial charge in [0.25, 0.3) is 0 Å². The number of morpholine rings is 1. The summed E-state index contributed by atoms with van der Waals surface area (Å²) >= 11 is 14.3. The van der Waals surface area contributed by atoms with Gasteiger partial charge >= 0.3 is 0 Å². The Kier molecular flexibility index (Phi) is 8.95. The van der Waals surface area contributed by atoms with Gasteiger partial charge in [0.05, 0.1) is 24.4 Å². The van der Waals surface area contributed by atoms with E-state index in [-0.39, 0.29) is 18.9 Å². The fourth-order valence-corrected chi connectivity index (χ4v) is 5.57. The van der Waals surface area contributed by atoms with Gasteiger partial charge in [0.1, 0.15) is 11.1 Å². The zero-order chi connectivity index (χ0) is 22.4. The summed E-state index contributed by atoms with van der Waals surface area (Å²) in [5, 5.41) is 31.2. The largest absolute Gasteiger partial charge is 0.396 e. The Morgan fingerprint density at radius 3 is 2.84 bits per heavy atom. The van der Waals surface area contributed by atoms with Crippen molar-refractivity contribution in [2.24, 2.45) is 0 Å². The minimum atomic E-state index is -0.186. The maximum atomic E-state index is 10.2. The van der Waals surface area contributed by atoms with Crippen molar-refractivity contribution in [1.82, 2.24) is 16.0 Å². The van der Waals surface area contributed by atoms with Gasteiger partial charge in [-0.3, -0.25) is 5.32 Å². The molecule has 0 amide bonds. The maximum Gasteiger partial charge on any atom is 0.110 e. The Balaban J connectivity index is 2.13. The second-order valence-corrected chi connectivity index (χ2v) is 9.04. The van der Waals surface area contributed by atoms with E-state index in [1.807, 2.05) is 20.2 Å². The number of nitrogens with zero attached hydrogens (tertiary/aromatic N) is 2. The van der Waals surface area contributed by atoms with Crippen LogP contribution in [0.15, 0.2) is 18.2 Å². The first-order valence-corrected chi connectivity index (χ1v) is 11.7. The number of anilines is 1. The van der Waals surface area contributed by atoms with E-state index in [2.05, 4.69) is 26.9 Å². The van der Waals surface area contributed by atoms with Crippen LogP contribution in [-0.2, 0) is 4.74 Å². The van der Waals surface area contributed by atoms with E-state index in [9.17, 15) is 10.4 Å². The first-order valence-electron chi connectivity index (χ1n) is 10.1. The average Bonchev–Trinajstić information content (AvgIpc) is 3.14. The van der Waals surface area contributed by atoms with E-state index in [1.54, 1.807) is 23.5 Å². The van der Waals surface area contributed by atoms with Crippen LogP contribution >= 0.6 is 34.5 Å². The van der Waals surface area contributed by atoms with Gasteiger partial charge in [-0.05, 0) is 32.6 Å². The van der Waals surface area contributed by atoms with Gasteiger partial charge in [-0.25, -0.2) is 0 Å². The third kappa shape index (κ3) is 5.51. The first kappa shape index (κ1) is 24.2. The van der Waals surface area contributed by atoms with Gasteiger partial charge in [0.15, 0.2) is 0 Å². The van der Waals surface area contributed by atoms with Crippen molar-refractivity contribution in [3.8, 4) is 17.2 Å². The van der Waals surface area contributed by atoms with Gasteiger partial charge in [0.2, 0.25) is 0 Å². The lowest BCUT2D eigenvalue weighted by Gasteiger charge is -2.33. The molecule has 3 rings (SSSR count). The first-order chi connectivity index (χ1) is 15.0. The molecule has 0 radical (unpaired) electrons. The van der Waals surface area contributed by atoms with E-state index >= 15 is 0 Å². The molecule has 0 aliphatic carbocycles. The van der Waals surface area contributed by atoms with Crippen LogP contribution in [0.25, 0.3) is 11.1 Å². The minimum Gasteiger partial charge on any atom is -0.396 e. The molecular weight excluding hydrogens is 457 g/mol. The van der Waals surface area contributed by atoms with Crippen molar-refractivity contribution in [3.05, 3.63) is 38.7 Å². The fourth-order valence-electron chi connectivity index (χ4n) is 3.68. The SMILES string of the molecule is CNCNC(NC)c1sc(N2CCOC(CCO)C2)c(C#N)c1-c1ccc(Cl)cc1Cl. The molecule has 1 aliphatic rings. The van der Waals surface area contributed by atoms with Crippen LogP contribution in [0.4, 0.5) is 5.00 Å². The highest BCUT2D eigenvalue weighted by Gasteiger charge is 2.30. The zero-order valence-corrected chi connectivity index (χ0v) is 19.9. The summed E-state index contributed by atoms with van der Waals surface area (Å²) in [6, 6.07) is 7.76. The molecule has 31 heavy (non-hydrogen) atoms. The molecule has 0 spiro atoms. The molecule has 1 aromatic heterocycles. The Bertz CT molecular complexity index is 931. The molecule has 2 unspecified atom stereocenters. The topological polar surface area (TPSA) is 92.6 Å². The van der Waals surface area contributed by atoms with Crippen molar-refractivity contribution in [3.63, 3.8) is 0 Å². The van der Waals surface area contributed by atoms with Crippen LogP contribution in [0.2, 0.25) is 10.0 Å². The molecule has 1 saturated heterocycles. The standard InChI is InChI=1S/C21H27Cl2N5O2S/c1-25-12-27-20(26-2)19-18(15-4-3-13(22)9-17(15)23)16(10-24)21(31-19)28-6-8-30-14(11-28)5-7-29/h3-4,9,14,20,25-27,29H,5-8,11-12H2,1-2H3. The number of hydrogen-bond donors (Lipinski definition) is 4. The second-order valence-electron chi connectivity index (χ2n) is 7.16. The quantitative estimate of drug-likeness (QED) is 0.407. The van der Waals surface area contributed by atoms with Gasteiger partial charge in [-0.2, -0.15) is 5.26 Å². The lowest BCUT2D eigenvalue weighted by Crippen LogP contribution is -2.42. The highest BCUT2D eigenvalue weighted by atomic mass is 35.5. The van der Waals surface area contributed by atoms with Crippen LogP contribution in [-0.4, -0.2) is 58.3 Å². The summed E-state index contributed by atoms with van der Waals surface area (Å²) in [6.07, 6.45) is 0.310. The van der Waals surface area contributed by atoms with E-state index in [0.29, 0.717) is 48.4 Å². The van der Waals surface area contributed by atoms with Crippen LogP contribution < -0.4 is 20.9 Å². The molecule has 1 aromatic carbocycles. The monoisotopic (exact) mass is 483 g/mol. The van der Waals surface area contributed by atoms with Crippen LogP contribution in [0.1, 0.15) is 23.0 Å². The molecule has 2 atom stereocenters. The van der Waals surface area contributed by atoms with Crippen molar-refractivity contribution >= 4 is 39.5 Å². The Hall–Kier alpha value is -1.41. The van der Waals surface area contributed by atoms with Gasteiger partial charge in [0, 0.05) is 52.4 Å². The Morgan fingerprint density at radius 2 is 2.19 bits per heavy atom. The molecule has 1 aliphatic heterocycles. The normalized spacial score (nSPS) is 17.5. The predicted octanol–water partition coefficient (Wildman–Crippen LogP) is 3.17. The predicted molar refractivity (Wildman–Crippen MR) is 127 cm³/mol. The Morgan fingerprint density at radius 1 is 1.39 bits per heavy atom. The van der Waals surface area contributed by atoms with Crippen molar-refractivity contribution < 1.29 is 9.84 Å². The number of rotatable bonds is 9. The molecule has 1 fully saturated rings. The molecule has 168 valence electrons. The molecule has 2 heterocycles. The summed E-state index contributed by atoms with van der Waals surface area (Å²) < 4.78 is 5.77. The Labute approximate surface area is 196 Å². The highest BCUT2D eigenvalue weighted by molar-refractivity contribution is 7.17. The van der Waals surface area contributed by atoms with Crippen LogP contribution in [0.5, 0.6) is 0 Å². The molecule has 0 saturated carbocycles. The molecule has 10 heteroatoms. The van der Waals surface area contributed by atoms with Gasteiger partial charge in [-0.15, -0.1) is 11.3 Å². The van der Waals surface area contributed by atoms with E-state index < -0.39 is 0 Å². The van der Waals surface area contributed by atoms with E-state index in [4.69, 9.17) is 27.9 Å². The molecule has 4 N–H and O–H groups in total. The van der Waals surface area contributed by atoms with Gasteiger partial charge in [-0.1, -0.05) is 29.3 Å². The number of nitrogens with one attached hydrogen (secondary N) is 3.